The van der Waals surface area contributed by atoms with Crippen molar-refractivity contribution in [1.29, 1.82) is 0 Å². The Morgan fingerprint density at radius 3 is 2.59 bits per heavy atom. The van der Waals surface area contributed by atoms with E-state index < -0.39 is 0 Å². The van der Waals surface area contributed by atoms with Crippen molar-refractivity contribution < 1.29 is 4.52 Å². The van der Waals surface area contributed by atoms with Gasteiger partial charge in [0.15, 0.2) is 0 Å². The second kappa shape index (κ2) is 9.95. The molecule has 1 saturated heterocycles. The number of hydrogen-bond acceptors (Lipinski definition) is 4. The minimum atomic E-state index is 0.754. The van der Waals surface area contributed by atoms with Gasteiger partial charge in [-0.15, -0.1) is 0 Å². The fourth-order valence-corrected chi connectivity index (χ4v) is 4.16. The Morgan fingerprint density at radius 2 is 1.79 bits per heavy atom. The van der Waals surface area contributed by atoms with Crippen LogP contribution < -0.4 is 4.90 Å². The molecule has 1 aliphatic rings. The van der Waals surface area contributed by atoms with E-state index in [1.807, 2.05) is 42.5 Å². The summed E-state index contributed by atoms with van der Waals surface area (Å²) in [5, 5.41) is 5.07. The number of benzene rings is 2. The van der Waals surface area contributed by atoms with E-state index >= 15 is 0 Å². The summed E-state index contributed by atoms with van der Waals surface area (Å²) < 4.78 is 5.76. The molecule has 0 spiro atoms. The van der Waals surface area contributed by atoms with Crippen LogP contribution in [0.1, 0.15) is 31.2 Å². The fourth-order valence-electron chi connectivity index (χ4n) is 3.95. The van der Waals surface area contributed by atoms with E-state index in [1.165, 1.54) is 37.9 Å². The van der Waals surface area contributed by atoms with E-state index in [4.69, 9.17) is 16.1 Å². The van der Waals surface area contributed by atoms with Crippen LogP contribution in [0, 0.1) is 0 Å². The average molecular weight is 410 g/mol. The van der Waals surface area contributed by atoms with Gasteiger partial charge in [0.2, 0.25) is 5.88 Å². The van der Waals surface area contributed by atoms with Gasteiger partial charge in [-0.3, -0.25) is 0 Å². The average Bonchev–Trinajstić information content (AvgIpc) is 3.25. The number of piperidine rings is 1. The second-order valence-corrected chi connectivity index (χ2v) is 8.16. The summed E-state index contributed by atoms with van der Waals surface area (Å²) in [6.45, 7) is 5.27. The van der Waals surface area contributed by atoms with Gasteiger partial charge >= 0.3 is 0 Å². The summed E-state index contributed by atoms with van der Waals surface area (Å²) in [5.41, 5.74) is 3.11. The molecule has 0 N–H and O–H groups in total. The van der Waals surface area contributed by atoms with Gasteiger partial charge < -0.3 is 14.3 Å². The fraction of sp³-hybridized carbons (Fsp3) is 0.375. The molecule has 2 aromatic carbocycles. The standard InChI is InChI=1S/C24H28ClN3O/c25-22-12-7-9-20(17-22)19-28(16-8-15-27-13-5-2-6-14-27)24-18-23(26-29-24)21-10-3-1-4-11-21/h1,3-4,7,9-12,17-18H,2,5-6,8,13-16,19H2. The molecule has 29 heavy (non-hydrogen) atoms. The molecular weight excluding hydrogens is 382 g/mol. The monoisotopic (exact) mass is 409 g/mol. The molecule has 2 heterocycles. The van der Waals surface area contributed by atoms with Gasteiger partial charge in [-0.05, 0) is 56.6 Å². The van der Waals surface area contributed by atoms with Crippen molar-refractivity contribution in [1.82, 2.24) is 10.1 Å². The maximum absolute atomic E-state index is 6.20. The van der Waals surface area contributed by atoms with E-state index in [0.29, 0.717) is 0 Å². The van der Waals surface area contributed by atoms with Crippen molar-refractivity contribution in [2.45, 2.75) is 32.2 Å². The summed E-state index contributed by atoms with van der Waals surface area (Å²) in [6, 6.07) is 20.2. The van der Waals surface area contributed by atoms with Gasteiger partial charge in [-0.25, -0.2) is 0 Å². The number of hydrogen-bond donors (Lipinski definition) is 0. The predicted molar refractivity (Wildman–Crippen MR) is 119 cm³/mol. The molecule has 0 aliphatic carbocycles. The smallest absolute Gasteiger partial charge is 0.228 e. The molecule has 152 valence electrons. The first-order valence-electron chi connectivity index (χ1n) is 10.5. The van der Waals surface area contributed by atoms with Crippen molar-refractivity contribution >= 4 is 17.5 Å². The molecule has 0 radical (unpaired) electrons. The third-order valence-electron chi connectivity index (χ3n) is 5.49. The Morgan fingerprint density at radius 1 is 0.966 bits per heavy atom. The van der Waals surface area contributed by atoms with Crippen molar-refractivity contribution in [3.63, 3.8) is 0 Å². The molecule has 4 nitrogen and oxygen atoms in total. The highest BCUT2D eigenvalue weighted by Crippen LogP contribution is 2.26. The molecule has 4 rings (SSSR count). The zero-order chi connectivity index (χ0) is 19.9. The van der Waals surface area contributed by atoms with Gasteiger partial charge in [0.25, 0.3) is 0 Å². The first kappa shape index (κ1) is 20.0. The lowest BCUT2D eigenvalue weighted by atomic mass is 10.1. The number of rotatable bonds is 8. The normalized spacial score (nSPS) is 14.8. The van der Waals surface area contributed by atoms with Crippen LogP contribution in [-0.2, 0) is 6.54 Å². The lowest BCUT2D eigenvalue weighted by Gasteiger charge is -2.28. The number of aromatic nitrogens is 1. The lowest BCUT2D eigenvalue weighted by molar-refractivity contribution is 0.226. The van der Waals surface area contributed by atoms with Crippen LogP contribution in [0.15, 0.2) is 65.2 Å². The highest BCUT2D eigenvalue weighted by atomic mass is 35.5. The number of anilines is 1. The van der Waals surface area contributed by atoms with Crippen LogP contribution in [0.25, 0.3) is 11.3 Å². The van der Waals surface area contributed by atoms with E-state index in [-0.39, 0.29) is 0 Å². The van der Waals surface area contributed by atoms with Gasteiger partial charge in [-0.2, -0.15) is 0 Å². The molecular formula is C24H28ClN3O. The van der Waals surface area contributed by atoms with Crippen LogP contribution in [0.2, 0.25) is 5.02 Å². The Bertz CT molecular complexity index is 890. The van der Waals surface area contributed by atoms with Crippen molar-refractivity contribution in [2.24, 2.45) is 0 Å². The van der Waals surface area contributed by atoms with E-state index in [1.54, 1.807) is 0 Å². The molecule has 0 saturated carbocycles. The number of halogens is 1. The molecule has 1 aromatic heterocycles. The van der Waals surface area contributed by atoms with Crippen LogP contribution in [-0.4, -0.2) is 36.2 Å². The van der Waals surface area contributed by atoms with E-state index in [9.17, 15) is 0 Å². The molecule has 1 fully saturated rings. The van der Waals surface area contributed by atoms with Crippen molar-refractivity contribution in [3.8, 4) is 11.3 Å². The van der Waals surface area contributed by atoms with Gasteiger partial charge in [0, 0.05) is 29.7 Å². The SMILES string of the molecule is Clc1cccc(CN(CCCN2CCCCC2)c2cc(-c3ccccc3)no2)c1. The Hall–Kier alpha value is -2.30. The van der Waals surface area contributed by atoms with Crippen LogP contribution in [0.4, 0.5) is 5.88 Å². The highest BCUT2D eigenvalue weighted by molar-refractivity contribution is 6.30. The van der Waals surface area contributed by atoms with Gasteiger partial charge in [0.05, 0.1) is 0 Å². The maximum atomic E-state index is 6.20. The van der Waals surface area contributed by atoms with Crippen molar-refractivity contribution in [3.05, 3.63) is 71.2 Å². The summed E-state index contributed by atoms with van der Waals surface area (Å²) in [7, 11) is 0. The maximum Gasteiger partial charge on any atom is 0.228 e. The quantitative estimate of drug-likeness (QED) is 0.465. The van der Waals surface area contributed by atoms with Crippen molar-refractivity contribution in [2.75, 3.05) is 31.1 Å². The minimum absolute atomic E-state index is 0.754. The summed E-state index contributed by atoms with van der Waals surface area (Å²) in [6.07, 6.45) is 5.13. The Labute approximate surface area is 178 Å². The molecule has 0 amide bonds. The summed E-state index contributed by atoms with van der Waals surface area (Å²) in [5.74, 6) is 0.808. The number of likely N-dealkylation sites (tertiary alicyclic amines) is 1. The van der Waals surface area contributed by atoms with Gasteiger partial charge in [-0.1, -0.05) is 65.6 Å². The Kier molecular flexibility index (Phi) is 6.86. The molecule has 0 unspecified atom stereocenters. The first-order valence-corrected chi connectivity index (χ1v) is 10.9. The summed E-state index contributed by atoms with van der Waals surface area (Å²) >= 11 is 6.20. The summed E-state index contributed by atoms with van der Waals surface area (Å²) in [4.78, 5) is 4.85. The van der Waals surface area contributed by atoms with Gasteiger partial charge in [0.1, 0.15) is 5.69 Å². The zero-order valence-corrected chi connectivity index (χ0v) is 17.5. The second-order valence-electron chi connectivity index (χ2n) is 7.72. The molecule has 5 heteroatoms. The topological polar surface area (TPSA) is 32.5 Å². The molecule has 1 aliphatic heterocycles. The molecule has 0 atom stereocenters. The molecule has 3 aromatic rings. The van der Waals surface area contributed by atoms with E-state index in [0.717, 1.165) is 48.2 Å². The zero-order valence-electron chi connectivity index (χ0n) is 16.8. The Balaban J connectivity index is 1.47. The minimum Gasteiger partial charge on any atom is -0.338 e. The molecule has 0 bridgehead atoms. The largest absolute Gasteiger partial charge is 0.338 e. The third-order valence-corrected chi connectivity index (χ3v) is 5.73. The number of nitrogens with zero attached hydrogens (tertiary/aromatic N) is 3. The van der Waals surface area contributed by atoms with E-state index in [2.05, 4.69) is 33.2 Å². The van der Waals surface area contributed by atoms with Crippen LogP contribution in [0.5, 0.6) is 0 Å². The first-order chi connectivity index (χ1) is 14.3. The third kappa shape index (κ3) is 5.62. The lowest BCUT2D eigenvalue weighted by Crippen LogP contribution is -2.33. The van der Waals surface area contributed by atoms with Crippen LogP contribution >= 0.6 is 11.6 Å². The predicted octanol–water partition coefficient (Wildman–Crippen LogP) is 5.88. The highest BCUT2D eigenvalue weighted by Gasteiger charge is 2.16. The van der Waals surface area contributed by atoms with Crippen LogP contribution in [0.3, 0.4) is 0 Å².